The summed E-state index contributed by atoms with van der Waals surface area (Å²) < 4.78 is 0. The summed E-state index contributed by atoms with van der Waals surface area (Å²) in [7, 11) is 0. The first-order valence-corrected chi connectivity index (χ1v) is 8.99. The molecular formula is C23H19NO5. The fraction of sp³-hybridized carbons (Fsp3) is 0.0870. The van der Waals surface area contributed by atoms with Gasteiger partial charge in [0.25, 0.3) is 5.91 Å². The minimum Gasteiger partial charge on any atom is -0.481 e. The minimum atomic E-state index is -1.12. The van der Waals surface area contributed by atoms with Gasteiger partial charge < -0.3 is 15.1 Å². The second-order valence-electron chi connectivity index (χ2n) is 6.37. The molecule has 0 aliphatic heterocycles. The van der Waals surface area contributed by atoms with E-state index in [0.717, 1.165) is 5.56 Å². The molecule has 6 heteroatoms. The third-order valence-electron chi connectivity index (χ3n) is 4.44. The van der Waals surface area contributed by atoms with Gasteiger partial charge in [0.1, 0.15) is 0 Å². The number of benzene rings is 3. The molecule has 2 N–H and O–H groups in total. The molecule has 0 saturated carbocycles. The molecule has 0 heterocycles. The van der Waals surface area contributed by atoms with Crippen molar-refractivity contribution in [1.29, 1.82) is 0 Å². The van der Waals surface area contributed by atoms with Crippen LogP contribution in [0.4, 0.5) is 5.69 Å². The van der Waals surface area contributed by atoms with Crippen molar-refractivity contribution in [2.75, 3.05) is 11.4 Å². The predicted molar refractivity (Wildman–Crippen MR) is 109 cm³/mol. The number of aromatic carboxylic acids is 1. The van der Waals surface area contributed by atoms with E-state index in [0.29, 0.717) is 16.8 Å². The zero-order chi connectivity index (χ0) is 20.8. The minimum absolute atomic E-state index is 0.0203. The molecule has 6 nitrogen and oxygen atoms in total. The Bertz CT molecular complexity index is 1050. The monoisotopic (exact) mass is 389 g/mol. The molecule has 0 atom stereocenters. The molecule has 0 spiro atoms. The maximum atomic E-state index is 13.4. The van der Waals surface area contributed by atoms with Crippen LogP contribution in [0, 0.1) is 0 Å². The molecule has 0 aliphatic rings. The molecule has 0 radical (unpaired) electrons. The Balaban J connectivity index is 2.06. The van der Waals surface area contributed by atoms with Gasteiger partial charge in [-0.15, -0.1) is 0 Å². The number of hydrogen-bond acceptors (Lipinski definition) is 3. The highest BCUT2D eigenvalue weighted by atomic mass is 16.4. The van der Waals surface area contributed by atoms with Crippen LogP contribution in [0.5, 0.6) is 0 Å². The smallest absolute Gasteiger partial charge is 0.335 e. The molecule has 29 heavy (non-hydrogen) atoms. The van der Waals surface area contributed by atoms with Crippen LogP contribution in [-0.4, -0.2) is 34.6 Å². The van der Waals surface area contributed by atoms with Crippen molar-refractivity contribution in [2.45, 2.75) is 6.42 Å². The molecule has 0 unspecified atom stereocenters. The van der Waals surface area contributed by atoms with Gasteiger partial charge in [0.05, 0.1) is 12.0 Å². The number of anilines is 1. The van der Waals surface area contributed by atoms with E-state index < -0.39 is 17.8 Å². The molecule has 0 bridgehead atoms. The van der Waals surface area contributed by atoms with Crippen molar-refractivity contribution >= 4 is 23.5 Å². The first kappa shape index (κ1) is 19.8. The van der Waals surface area contributed by atoms with Crippen LogP contribution in [-0.2, 0) is 4.79 Å². The van der Waals surface area contributed by atoms with Gasteiger partial charge in [-0.05, 0) is 35.4 Å². The van der Waals surface area contributed by atoms with E-state index in [1.54, 1.807) is 18.2 Å². The lowest BCUT2D eigenvalue weighted by Gasteiger charge is -2.24. The van der Waals surface area contributed by atoms with Crippen LogP contribution in [0.2, 0.25) is 0 Å². The fourth-order valence-electron chi connectivity index (χ4n) is 3.05. The van der Waals surface area contributed by atoms with Gasteiger partial charge in [0.15, 0.2) is 0 Å². The summed E-state index contributed by atoms with van der Waals surface area (Å²) >= 11 is 0. The van der Waals surface area contributed by atoms with E-state index in [4.69, 9.17) is 5.11 Å². The molecule has 0 aromatic heterocycles. The summed E-state index contributed by atoms with van der Waals surface area (Å²) in [6, 6.07) is 22.4. The van der Waals surface area contributed by atoms with Gasteiger partial charge in [0.2, 0.25) is 0 Å². The van der Waals surface area contributed by atoms with Crippen LogP contribution in [0.25, 0.3) is 11.1 Å². The van der Waals surface area contributed by atoms with Gasteiger partial charge in [-0.1, -0.05) is 54.6 Å². The first-order valence-electron chi connectivity index (χ1n) is 8.99. The molecule has 3 aromatic rings. The molecular weight excluding hydrogens is 370 g/mol. The highest BCUT2D eigenvalue weighted by molar-refractivity contribution is 6.10. The van der Waals surface area contributed by atoms with E-state index in [9.17, 15) is 19.5 Å². The SMILES string of the molecule is O=C(O)CCN(C(=O)c1ccccc1-c1ccccc1)c1cccc(C(=O)O)c1. The maximum Gasteiger partial charge on any atom is 0.335 e. The van der Waals surface area contributed by atoms with Crippen molar-refractivity contribution in [2.24, 2.45) is 0 Å². The van der Waals surface area contributed by atoms with E-state index >= 15 is 0 Å². The third-order valence-corrected chi connectivity index (χ3v) is 4.44. The average molecular weight is 389 g/mol. The van der Waals surface area contributed by atoms with Gasteiger partial charge in [-0.3, -0.25) is 9.59 Å². The highest BCUT2D eigenvalue weighted by Gasteiger charge is 2.22. The second-order valence-corrected chi connectivity index (χ2v) is 6.37. The van der Waals surface area contributed by atoms with Gasteiger partial charge in [-0.2, -0.15) is 0 Å². The summed E-state index contributed by atoms with van der Waals surface area (Å²) in [5, 5.41) is 18.4. The molecule has 3 rings (SSSR count). The lowest BCUT2D eigenvalue weighted by molar-refractivity contribution is -0.136. The molecule has 0 fully saturated rings. The number of carbonyl (C=O) groups is 3. The molecule has 146 valence electrons. The number of carboxylic acids is 2. The van der Waals surface area contributed by atoms with E-state index in [2.05, 4.69) is 0 Å². The van der Waals surface area contributed by atoms with E-state index in [1.807, 2.05) is 42.5 Å². The number of amides is 1. The summed E-state index contributed by atoms with van der Waals surface area (Å²) in [4.78, 5) is 37.2. The van der Waals surface area contributed by atoms with Crippen LogP contribution in [0.15, 0.2) is 78.9 Å². The second kappa shape index (κ2) is 8.84. The Kier molecular flexibility index (Phi) is 6.04. The largest absolute Gasteiger partial charge is 0.481 e. The number of hydrogen-bond donors (Lipinski definition) is 2. The van der Waals surface area contributed by atoms with Crippen molar-refractivity contribution < 1.29 is 24.6 Å². The normalized spacial score (nSPS) is 10.3. The lowest BCUT2D eigenvalue weighted by atomic mass is 9.98. The molecule has 0 aliphatic carbocycles. The number of carboxylic acid groups (broad SMARTS) is 2. The maximum absolute atomic E-state index is 13.4. The zero-order valence-electron chi connectivity index (χ0n) is 15.5. The van der Waals surface area contributed by atoms with Crippen LogP contribution in [0.1, 0.15) is 27.1 Å². The van der Waals surface area contributed by atoms with Gasteiger partial charge in [-0.25, -0.2) is 4.79 Å². The Morgan fingerprint density at radius 3 is 2.17 bits per heavy atom. The van der Waals surface area contributed by atoms with E-state index in [-0.39, 0.29) is 18.5 Å². The number of aliphatic carboxylic acids is 1. The Morgan fingerprint density at radius 1 is 0.793 bits per heavy atom. The molecule has 1 amide bonds. The quantitative estimate of drug-likeness (QED) is 0.632. The van der Waals surface area contributed by atoms with Crippen molar-refractivity contribution in [3.8, 4) is 11.1 Å². The average Bonchev–Trinajstić information content (AvgIpc) is 2.74. The summed E-state index contributed by atoms with van der Waals surface area (Å²) in [5.74, 6) is -2.57. The van der Waals surface area contributed by atoms with E-state index in [1.165, 1.54) is 23.1 Å². The first-order chi connectivity index (χ1) is 14.0. The lowest BCUT2D eigenvalue weighted by Crippen LogP contribution is -2.33. The number of rotatable bonds is 7. The summed E-state index contributed by atoms with van der Waals surface area (Å²) in [5.41, 5.74) is 2.33. The Hall–Kier alpha value is -3.93. The summed E-state index contributed by atoms with van der Waals surface area (Å²) in [6.07, 6.45) is -0.267. The number of nitrogens with zero attached hydrogens (tertiary/aromatic N) is 1. The highest BCUT2D eigenvalue weighted by Crippen LogP contribution is 2.27. The topological polar surface area (TPSA) is 94.9 Å². The van der Waals surface area contributed by atoms with Crippen molar-refractivity contribution in [1.82, 2.24) is 0 Å². The van der Waals surface area contributed by atoms with Crippen LogP contribution >= 0.6 is 0 Å². The van der Waals surface area contributed by atoms with Crippen molar-refractivity contribution in [3.63, 3.8) is 0 Å². The van der Waals surface area contributed by atoms with Crippen molar-refractivity contribution in [3.05, 3.63) is 90.0 Å². The van der Waals surface area contributed by atoms with Gasteiger partial charge >= 0.3 is 11.9 Å². The standard InChI is InChI=1S/C23H19NO5/c25-21(26)13-14-24(18-10-6-9-17(15-18)23(28)29)22(27)20-12-5-4-11-19(20)16-7-2-1-3-8-16/h1-12,15H,13-14H2,(H,25,26)(H,28,29). The predicted octanol–water partition coefficient (Wildman–Crippen LogP) is 4.17. The molecule has 3 aromatic carbocycles. The van der Waals surface area contributed by atoms with Crippen LogP contribution in [0.3, 0.4) is 0 Å². The number of carbonyl (C=O) groups excluding carboxylic acids is 1. The zero-order valence-corrected chi connectivity index (χ0v) is 15.5. The van der Waals surface area contributed by atoms with Gasteiger partial charge in [0, 0.05) is 17.8 Å². The third kappa shape index (κ3) is 4.68. The molecule has 0 saturated heterocycles. The summed E-state index contributed by atoms with van der Waals surface area (Å²) in [6.45, 7) is -0.0830. The Labute approximate surface area is 167 Å². The Morgan fingerprint density at radius 2 is 1.48 bits per heavy atom. The van der Waals surface area contributed by atoms with Crippen LogP contribution < -0.4 is 4.90 Å². The fourth-order valence-corrected chi connectivity index (χ4v) is 3.05.